The highest BCUT2D eigenvalue weighted by Crippen LogP contribution is 2.38. The predicted octanol–water partition coefficient (Wildman–Crippen LogP) is 6.94. The number of aryl methyl sites for hydroxylation is 3. The summed E-state index contributed by atoms with van der Waals surface area (Å²) >= 11 is 13.1. The largest absolute Gasteiger partial charge is 0.482 e. The van der Waals surface area contributed by atoms with E-state index in [0.717, 1.165) is 28.8 Å². The second kappa shape index (κ2) is 11.3. The van der Waals surface area contributed by atoms with Gasteiger partial charge in [-0.05, 0) is 73.4 Å². The zero-order valence-corrected chi connectivity index (χ0v) is 22.5. The van der Waals surface area contributed by atoms with Crippen LogP contribution in [0.15, 0.2) is 65.6 Å². The lowest BCUT2D eigenvalue weighted by molar-refractivity contribution is -0.118. The fourth-order valence-electron chi connectivity index (χ4n) is 3.77. The van der Waals surface area contributed by atoms with Gasteiger partial charge in [0.05, 0.1) is 15.6 Å². The summed E-state index contributed by atoms with van der Waals surface area (Å²) in [5.74, 6) is -0.0698. The van der Waals surface area contributed by atoms with E-state index in [0.29, 0.717) is 25.7 Å². The van der Waals surface area contributed by atoms with Crippen molar-refractivity contribution in [1.29, 1.82) is 0 Å². The molecule has 0 unspecified atom stereocenters. The Balaban J connectivity index is 1.41. The van der Waals surface area contributed by atoms with Crippen LogP contribution in [0.2, 0.25) is 5.02 Å². The van der Waals surface area contributed by atoms with Crippen LogP contribution in [0.5, 0.6) is 5.75 Å². The molecule has 1 saturated heterocycles. The standard InChI is InChI=1S/C28H25ClN2O3S2/c1-4-19-6-9-21(10-7-19)30-26(32)16-34-24-12-8-20(14-22(24)29)15-25-27(33)31(28(35)36-25)23-11-5-17(2)13-18(23)3/h5-15H,4,16H2,1-3H3,(H,30,32)/b25-15-. The predicted molar refractivity (Wildman–Crippen MR) is 153 cm³/mol. The average molecular weight is 537 g/mol. The second-order valence-corrected chi connectivity index (χ2v) is 10.5. The Kier molecular flexibility index (Phi) is 8.14. The zero-order chi connectivity index (χ0) is 25.8. The normalized spacial score (nSPS) is 14.4. The molecule has 4 rings (SSSR count). The van der Waals surface area contributed by atoms with Crippen LogP contribution in [0, 0.1) is 13.8 Å². The minimum atomic E-state index is -0.283. The maximum Gasteiger partial charge on any atom is 0.270 e. The summed E-state index contributed by atoms with van der Waals surface area (Å²) in [5.41, 5.74) is 5.53. The lowest BCUT2D eigenvalue weighted by Crippen LogP contribution is -2.28. The molecule has 0 aliphatic carbocycles. The smallest absolute Gasteiger partial charge is 0.270 e. The summed E-state index contributed by atoms with van der Waals surface area (Å²) in [7, 11) is 0. The number of hydrogen-bond acceptors (Lipinski definition) is 5. The third-order valence-corrected chi connectivity index (χ3v) is 7.24. The number of rotatable bonds is 7. The Morgan fingerprint density at radius 2 is 1.86 bits per heavy atom. The Bertz CT molecular complexity index is 1370. The molecule has 0 aromatic heterocycles. The molecule has 5 nitrogen and oxygen atoms in total. The van der Waals surface area contributed by atoms with Gasteiger partial charge in [0.1, 0.15) is 5.75 Å². The first kappa shape index (κ1) is 25.9. The number of halogens is 1. The Hall–Kier alpha value is -3.13. The number of anilines is 2. The van der Waals surface area contributed by atoms with Gasteiger partial charge in [0.2, 0.25) is 0 Å². The van der Waals surface area contributed by atoms with E-state index >= 15 is 0 Å². The van der Waals surface area contributed by atoms with Crippen molar-refractivity contribution in [2.75, 3.05) is 16.8 Å². The number of ether oxygens (including phenoxy) is 1. The van der Waals surface area contributed by atoms with E-state index in [1.165, 1.54) is 17.3 Å². The summed E-state index contributed by atoms with van der Waals surface area (Å²) in [5, 5.41) is 3.14. The van der Waals surface area contributed by atoms with Crippen LogP contribution in [0.25, 0.3) is 6.08 Å². The molecule has 0 bridgehead atoms. The summed E-state index contributed by atoms with van der Waals surface area (Å²) in [6.07, 6.45) is 2.69. The highest BCUT2D eigenvalue weighted by molar-refractivity contribution is 8.27. The number of carbonyl (C=O) groups is 2. The molecule has 1 aliphatic heterocycles. The first-order valence-corrected chi connectivity index (χ1v) is 13.0. The van der Waals surface area contributed by atoms with Crippen molar-refractivity contribution in [1.82, 2.24) is 0 Å². The number of amides is 2. The first-order chi connectivity index (χ1) is 17.2. The molecule has 0 saturated carbocycles. The fraction of sp³-hybridized carbons (Fsp3) is 0.179. The van der Waals surface area contributed by atoms with Crippen molar-refractivity contribution in [2.24, 2.45) is 0 Å². The topological polar surface area (TPSA) is 58.6 Å². The minimum Gasteiger partial charge on any atom is -0.482 e. The van der Waals surface area contributed by atoms with Crippen molar-refractivity contribution in [2.45, 2.75) is 27.2 Å². The van der Waals surface area contributed by atoms with Crippen LogP contribution < -0.4 is 15.0 Å². The molecular formula is C28H25ClN2O3S2. The fourth-order valence-corrected chi connectivity index (χ4v) is 5.30. The molecule has 0 atom stereocenters. The lowest BCUT2D eigenvalue weighted by atomic mass is 10.1. The Morgan fingerprint density at radius 3 is 2.53 bits per heavy atom. The van der Waals surface area contributed by atoms with E-state index in [1.807, 2.05) is 56.3 Å². The molecule has 0 radical (unpaired) electrons. The van der Waals surface area contributed by atoms with Gasteiger partial charge >= 0.3 is 0 Å². The average Bonchev–Trinajstić information content (AvgIpc) is 3.11. The number of thiocarbonyl (C=S) groups is 1. The SMILES string of the molecule is CCc1ccc(NC(=O)COc2ccc(/C=C3\SC(=S)N(c4ccc(C)cc4C)C3=O)cc2Cl)cc1. The Morgan fingerprint density at radius 1 is 1.11 bits per heavy atom. The number of benzene rings is 3. The van der Waals surface area contributed by atoms with E-state index in [2.05, 4.69) is 12.2 Å². The van der Waals surface area contributed by atoms with Crippen LogP contribution in [-0.2, 0) is 16.0 Å². The van der Waals surface area contributed by atoms with Crippen molar-refractivity contribution in [3.05, 3.63) is 92.8 Å². The highest BCUT2D eigenvalue weighted by Gasteiger charge is 2.34. The monoisotopic (exact) mass is 536 g/mol. The summed E-state index contributed by atoms with van der Waals surface area (Å²) < 4.78 is 6.10. The maximum atomic E-state index is 13.1. The van der Waals surface area contributed by atoms with E-state index in [4.69, 9.17) is 28.6 Å². The molecule has 3 aromatic rings. The van der Waals surface area contributed by atoms with Crippen LogP contribution in [0.3, 0.4) is 0 Å². The van der Waals surface area contributed by atoms with Gasteiger partial charge in [0.25, 0.3) is 11.8 Å². The van der Waals surface area contributed by atoms with Gasteiger partial charge in [0, 0.05) is 5.69 Å². The number of nitrogens with one attached hydrogen (secondary N) is 1. The third-order valence-electron chi connectivity index (χ3n) is 5.65. The molecule has 184 valence electrons. The zero-order valence-electron chi connectivity index (χ0n) is 20.1. The third kappa shape index (κ3) is 5.98. The van der Waals surface area contributed by atoms with Crippen molar-refractivity contribution < 1.29 is 14.3 Å². The molecule has 1 fully saturated rings. The van der Waals surface area contributed by atoms with Gasteiger partial charge < -0.3 is 10.1 Å². The van der Waals surface area contributed by atoms with Gasteiger partial charge in [-0.3, -0.25) is 14.5 Å². The molecule has 3 aromatic carbocycles. The lowest BCUT2D eigenvalue weighted by Gasteiger charge is -2.17. The van der Waals surface area contributed by atoms with Crippen LogP contribution in [0.4, 0.5) is 11.4 Å². The van der Waals surface area contributed by atoms with Crippen molar-refractivity contribution in [3.8, 4) is 5.75 Å². The van der Waals surface area contributed by atoms with E-state index in [-0.39, 0.29) is 18.4 Å². The van der Waals surface area contributed by atoms with Gasteiger partial charge in [-0.1, -0.05) is 78.4 Å². The van der Waals surface area contributed by atoms with Crippen LogP contribution in [0.1, 0.15) is 29.2 Å². The minimum absolute atomic E-state index is 0.169. The number of thioether (sulfide) groups is 1. The van der Waals surface area contributed by atoms with Gasteiger partial charge in [0.15, 0.2) is 10.9 Å². The molecule has 1 N–H and O–H groups in total. The van der Waals surface area contributed by atoms with Crippen molar-refractivity contribution in [3.63, 3.8) is 0 Å². The molecule has 1 aliphatic rings. The van der Waals surface area contributed by atoms with Gasteiger partial charge in [-0.15, -0.1) is 0 Å². The first-order valence-electron chi connectivity index (χ1n) is 11.4. The van der Waals surface area contributed by atoms with E-state index < -0.39 is 0 Å². The molecular weight excluding hydrogens is 512 g/mol. The number of carbonyl (C=O) groups excluding carboxylic acids is 2. The van der Waals surface area contributed by atoms with Crippen molar-refractivity contribution >= 4 is 69.2 Å². The maximum absolute atomic E-state index is 13.1. The van der Waals surface area contributed by atoms with Gasteiger partial charge in [-0.2, -0.15) is 0 Å². The number of nitrogens with zero attached hydrogens (tertiary/aromatic N) is 1. The van der Waals surface area contributed by atoms with E-state index in [1.54, 1.807) is 29.2 Å². The summed E-state index contributed by atoms with van der Waals surface area (Å²) in [6, 6.07) is 18.7. The quantitative estimate of drug-likeness (QED) is 0.262. The van der Waals surface area contributed by atoms with Crippen LogP contribution >= 0.6 is 35.6 Å². The molecule has 36 heavy (non-hydrogen) atoms. The molecule has 1 heterocycles. The number of hydrogen-bond donors (Lipinski definition) is 1. The molecule has 2 amide bonds. The summed E-state index contributed by atoms with van der Waals surface area (Å²) in [6.45, 7) is 5.87. The summed E-state index contributed by atoms with van der Waals surface area (Å²) in [4.78, 5) is 27.5. The Labute approximate surface area is 225 Å². The van der Waals surface area contributed by atoms with Crippen LogP contribution in [-0.4, -0.2) is 22.7 Å². The highest BCUT2D eigenvalue weighted by atomic mass is 35.5. The second-order valence-electron chi connectivity index (χ2n) is 8.38. The molecule has 8 heteroatoms. The van der Waals surface area contributed by atoms with Gasteiger partial charge in [-0.25, -0.2) is 0 Å². The molecule has 0 spiro atoms. The van der Waals surface area contributed by atoms with E-state index in [9.17, 15) is 9.59 Å².